The SMILES string of the molecule is CCOc1ccccc1N1CCN(C(=O)Cc2cccc(OC)c2)CC1. The Morgan fingerprint density at radius 1 is 1.04 bits per heavy atom. The molecule has 0 radical (unpaired) electrons. The standard InChI is InChI=1S/C21H26N2O3/c1-3-26-20-10-5-4-9-19(20)22-11-13-23(14-12-22)21(24)16-17-7-6-8-18(15-17)25-2/h4-10,15H,3,11-14,16H2,1-2H3. The molecule has 2 aromatic rings. The van der Waals surface area contributed by atoms with E-state index in [1.165, 1.54) is 0 Å². The third kappa shape index (κ3) is 4.28. The Bertz CT molecular complexity index is 740. The summed E-state index contributed by atoms with van der Waals surface area (Å²) in [6.45, 7) is 5.72. The Balaban J connectivity index is 1.59. The average Bonchev–Trinajstić information content (AvgIpc) is 2.69. The molecule has 2 aromatic carbocycles. The first-order valence-corrected chi connectivity index (χ1v) is 9.08. The molecule has 1 amide bonds. The van der Waals surface area contributed by atoms with Crippen molar-refractivity contribution in [2.45, 2.75) is 13.3 Å². The number of rotatable bonds is 6. The summed E-state index contributed by atoms with van der Waals surface area (Å²) in [5.41, 5.74) is 2.09. The first-order valence-electron chi connectivity index (χ1n) is 9.08. The number of hydrogen-bond donors (Lipinski definition) is 0. The van der Waals surface area contributed by atoms with Crippen molar-refractivity contribution in [1.82, 2.24) is 4.90 Å². The number of methoxy groups -OCH3 is 1. The first-order chi connectivity index (χ1) is 12.7. The van der Waals surface area contributed by atoms with E-state index in [1.54, 1.807) is 7.11 Å². The molecule has 0 atom stereocenters. The maximum absolute atomic E-state index is 12.6. The molecular weight excluding hydrogens is 328 g/mol. The lowest BCUT2D eigenvalue weighted by molar-refractivity contribution is -0.130. The second kappa shape index (κ2) is 8.61. The van der Waals surface area contributed by atoms with E-state index in [4.69, 9.17) is 9.47 Å². The third-order valence-corrected chi connectivity index (χ3v) is 4.63. The number of piperazine rings is 1. The van der Waals surface area contributed by atoms with E-state index in [1.807, 2.05) is 54.3 Å². The Morgan fingerprint density at radius 3 is 2.54 bits per heavy atom. The van der Waals surface area contributed by atoms with E-state index in [2.05, 4.69) is 11.0 Å². The molecule has 1 aliphatic heterocycles. The topological polar surface area (TPSA) is 42.0 Å². The summed E-state index contributed by atoms with van der Waals surface area (Å²) >= 11 is 0. The van der Waals surface area contributed by atoms with Gasteiger partial charge in [-0.05, 0) is 36.8 Å². The summed E-state index contributed by atoms with van der Waals surface area (Å²) < 4.78 is 11.0. The van der Waals surface area contributed by atoms with Gasteiger partial charge < -0.3 is 19.3 Å². The zero-order chi connectivity index (χ0) is 18.4. The minimum Gasteiger partial charge on any atom is -0.497 e. The van der Waals surface area contributed by atoms with Crippen LogP contribution in [-0.4, -0.2) is 50.7 Å². The lowest BCUT2D eigenvalue weighted by Crippen LogP contribution is -2.49. The Labute approximate surface area is 155 Å². The van der Waals surface area contributed by atoms with E-state index in [0.29, 0.717) is 13.0 Å². The predicted octanol–water partition coefficient (Wildman–Crippen LogP) is 2.99. The Kier molecular flexibility index (Phi) is 6.00. The van der Waals surface area contributed by atoms with Gasteiger partial charge in [0, 0.05) is 26.2 Å². The van der Waals surface area contributed by atoms with Crippen molar-refractivity contribution < 1.29 is 14.3 Å². The van der Waals surface area contributed by atoms with Gasteiger partial charge in [-0.3, -0.25) is 4.79 Å². The second-order valence-electron chi connectivity index (χ2n) is 6.30. The summed E-state index contributed by atoms with van der Waals surface area (Å²) in [4.78, 5) is 16.9. The first kappa shape index (κ1) is 18.1. The summed E-state index contributed by atoms with van der Waals surface area (Å²) in [5.74, 6) is 1.86. The molecule has 1 aliphatic rings. The molecule has 1 fully saturated rings. The molecule has 1 saturated heterocycles. The van der Waals surface area contributed by atoms with E-state index in [-0.39, 0.29) is 5.91 Å². The highest BCUT2D eigenvalue weighted by molar-refractivity contribution is 5.79. The van der Waals surface area contributed by atoms with Gasteiger partial charge in [-0.25, -0.2) is 0 Å². The van der Waals surface area contributed by atoms with Crippen LogP contribution in [0.5, 0.6) is 11.5 Å². The van der Waals surface area contributed by atoms with Crippen molar-refractivity contribution in [3.63, 3.8) is 0 Å². The number of carbonyl (C=O) groups is 1. The maximum atomic E-state index is 12.6. The van der Waals surface area contributed by atoms with Gasteiger partial charge in [-0.2, -0.15) is 0 Å². The zero-order valence-electron chi connectivity index (χ0n) is 15.5. The molecule has 0 N–H and O–H groups in total. The van der Waals surface area contributed by atoms with Crippen LogP contribution in [0.15, 0.2) is 48.5 Å². The monoisotopic (exact) mass is 354 g/mol. The molecular formula is C21H26N2O3. The van der Waals surface area contributed by atoms with E-state index < -0.39 is 0 Å². The zero-order valence-corrected chi connectivity index (χ0v) is 15.5. The number of ether oxygens (including phenoxy) is 2. The van der Waals surface area contributed by atoms with Crippen LogP contribution in [0.4, 0.5) is 5.69 Å². The fraction of sp³-hybridized carbons (Fsp3) is 0.381. The molecule has 0 aromatic heterocycles. The van der Waals surface area contributed by atoms with Crippen LogP contribution in [0.3, 0.4) is 0 Å². The summed E-state index contributed by atoms with van der Waals surface area (Å²) in [5, 5.41) is 0. The van der Waals surface area contributed by atoms with Gasteiger partial charge in [-0.15, -0.1) is 0 Å². The number of benzene rings is 2. The molecule has 26 heavy (non-hydrogen) atoms. The van der Waals surface area contributed by atoms with Gasteiger partial charge in [0.05, 0.1) is 25.8 Å². The molecule has 0 saturated carbocycles. The van der Waals surface area contributed by atoms with Crippen molar-refractivity contribution in [2.75, 3.05) is 44.8 Å². The number of nitrogens with zero attached hydrogens (tertiary/aromatic N) is 2. The normalized spacial score (nSPS) is 14.2. The van der Waals surface area contributed by atoms with E-state index in [9.17, 15) is 4.79 Å². The van der Waals surface area contributed by atoms with Crippen LogP contribution in [0.1, 0.15) is 12.5 Å². The van der Waals surface area contributed by atoms with Crippen molar-refractivity contribution in [2.24, 2.45) is 0 Å². The molecule has 0 aliphatic carbocycles. The van der Waals surface area contributed by atoms with Crippen LogP contribution >= 0.6 is 0 Å². The predicted molar refractivity (Wildman–Crippen MR) is 103 cm³/mol. The minimum atomic E-state index is 0.163. The van der Waals surface area contributed by atoms with Gasteiger partial charge >= 0.3 is 0 Å². The van der Waals surface area contributed by atoms with Gasteiger partial charge in [0.25, 0.3) is 0 Å². The molecule has 5 nitrogen and oxygen atoms in total. The van der Waals surface area contributed by atoms with Crippen molar-refractivity contribution >= 4 is 11.6 Å². The summed E-state index contributed by atoms with van der Waals surface area (Å²) in [6, 6.07) is 15.8. The Morgan fingerprint density at radius 2 is 1.81 bits per heavy atom. The fourth-order valence-electron chi connectivity index (χ4n) is 3.26. The van der Waals surface area contributed by atoms with Crippen molar-refractivity contribution in [1.29, 1.82) is 0 Å². The quantitative estimate of drug-likeness (QED) is 0.800. The smallest absolute Gasteiger partial charge is 0.227 e. The third-order valence-electron chi connectivity index (χ3n) is 4.63. The molecule has 0 unspecified atom stereocenters. The van der Waals surface area contributed by atoms with E-state index >= 15 is 0 Å². The number of para-hydroxylation sites is 2. The maximum Gasteiger partial charge on any atom is 0.227 e. The number of anilines is 1. The summed E-state index contributed by atoms with van der Waals surface area (Å²) in [7, 11) is 1.64. The molecule has 1 heterocycles. The molecule has 0 bridgehead atoms. The van der Waals surface area contributed by atoms with Crippen molar-refractivity contribution in [3.8, 4) is 11.5 Å². The van der Waals surface area contributed by atoms with Gasteiger partial charge in [0.1, 0.15) is 11.5 Å². The number of amides is 1. The highest BCUT2D eigenvalue weighted by atomic mass is 16.5. The lowest BCUT2D eigenvalue weighted by Gasteiger charge is -2.36. The highest BCUT2D eigenvalue weighted by Gasteiger charge is 2.23. The van der Waals surface area contributed by atoms with Crippen LogP contribution in [-0.2, 0) is 11.2 Å². The largest absolute Gasteiger partial charge is 0.497 e. The van der Waals surface area contributed by atoms with Crippen LogP contribution in [0.2, 0.25) is 0 Å². The number of hydrogen-bond acceptors (Lipinski definition) is 4. The van der Waals surface area contributed by atoms with Crippen LogP contribution in [0, 0.1) is 0 Å². The molecule has 3 rings (SSSR count). The van der Waals surface area contributed by atoms with Crippen molar-refractivity contribution in [3.05, 3.63) is 54.1 Å². The second-order valence-corrected chi connectivity index (χ2v) is 6.30. The van der Waals surface area contributed by atoms with Gasteiger partial charge in [0.15, 0.2) is 0 Å². The fourth-order valence-corrected chi connectivity index (χ4v) is 3.26. The average molecular weight is 354 g/mol. The van der Waals surface area contributed by atoms with Crippen LogP contribution in [0.25, 0.3) is 0 Å². The highest BCUT2D eigenvalue weighted by Crippen LogP contribution is 2.28. The Hall–Kier alpha value is -2.69. The molecule has 0 spiro atoms. The van der Waals surface area contributed by atoms with Gasteiger partial charge in [0.2, 0.25) is 5.91 Å². The number of carbonyl (C=O) groups excluding carboxylic acids is 1. The molecule has 5 heteroatoms. The molecule has 138 valence electrons. The van der Waals surface area contributed by atoms with Gasteiger partial charge in [-0.1, -0.05) is 24.3 Å². The minimum absolute atomic E-state index is 0.163. The summed E-state index contributed by atoms with van der Waals surface area (Å²) in [6.07, 6.45) is 0.409. The van der Waals surface area contributed by atoms with E-state index in [0.717, 1.165) is 48.9 Å². The van der Waals surface area contributed by atoms with Crippen LogP contribution < -0.4 is 14.4 Å². The lowest BCUT2D eigenvalue weighted by atomic mass is 10.1.